The Labute approximate surface area is 112 Å². The van der Waals surface area contributed by atoms with Crippen LogP contribution in [0.25, 0.3) is 0 Å². The van der Waals surface area contributed by atoms with Gasteiger partial charge in [0.2, 0.25) is 0 Å². The van der Waals surface area contributed by atoms with Gasteiger partial charge in [0, 0.05) is 18.3 Å². The lowest BCUT2D eigenvalue weighted by Gasteiger charge is -2.40. The van der Waals surface area contributed by atoms with Gasteiger partial charge in [-0.05, 0) is 25.5 Å². The molecule has 104 valence electrons. The fourth-order valence-electron chi connectivity index (χ4n) is 2.39. The van der Waals surface area contributed by atoms with Crippen LogP contribution in [0.2, 0.25) is 0 Å². The lowest BCUT2D eigenvalue weighted by atomic mass is 10.1. The van der Waals surface area contributed by atoms with Crippen LogP contribution in [0.5, 0.6) is 0 Å². The SMILES string of the molecule is CCC1COC(C)CN1c1ccc([N+](=O)[O-])c(N)c1. The van der Waals surface area contributed by atoms with Crippen LogP contribution in [0.3, 0.4) is 0 Å². The molecule has 1 aromatic carbocycles. The number of nitrogen functional groups attached to an aromatic ring is 1. The highest BCUT2D eigenvalue weighted by Crippen LogP contribution is 2.30. The van der Waals surface area contributed by atoms with E-state index in [-0.39, 0.29) is 23.5 Å². The minimum absolute atomic E-state index is 0.0434. The predicted molar refractivity (Wildman–Crippen MR) is 74.3 cm³/mol. The van der Waals surface area contributed by atoms with Crippen molar-refractivity contribution in [1.29, 1.82) is 0 Å². The van der Waals surface area contributed by atoms with E-state index in [9.17, 15) is 10.1 Å². The second kappa shape index (κ2) is 5.44. The van der Waals surface area contributed by atoms with Gasteiger partial charge in [0.05, 0.1) is 23.7 Å². The second-order valence-corrected chi connectivity index (χ2v) is 4.86. The van der Waals surface area contributed by atoms with E-state index >= 15 is 0 Å². The second-order valence-electron chi connectivity index (χ2n) is 4.86. The molecule has 0 spiro atoms. The van der Waals surface area contributed by atoms with Crippen LogP contribution in [0.15, 0.2) is 18.2 Å². The van der Waals surface area contributed by atoms with Crippen LogP contribution in [0.1, 0.15) is 20.3 Å². The van der Waals surface area contributed by atoms with Crippen molar-refractivity contribution in [2.75, 3.05) is 23.8 Å². The van der Waals surface area contributed by atoms with Crippen molar-refractivity contribution in [2.24, 2.45) is 0 Å². The van der Waals surface area contributed by atoms with Crippen LogP contribution in [-0.2, 0) is 4.74 Å². The van der Waals surface area contributed by atoms with Crippen LogP contribution in [-0.4, -0.2) is 30.2 Å². The minimum atomic E-state index is -0.460. The fourth-order valence-corrected chi connectivity index (χ4v) is 2.39. The predicted octanol–water partition coefficient (Wildman–Crippen LogP) is 2.18. The van der Waals surface area contributed by atoms with Crippen LogP contribution in [0.4, 0.5) is 17.1 Å². The summed E-state index contributed by atoms with van der Waals surface area (Å²) in [5.41, 5.74) is 6.83. The number of nitro groups is 1. The van der Waals surface area contributed by atoms with Crippen molar-refractivity contribution in [3.63, 3.8) is 0 Å². The average Bonchev–Trinajstić information content (AvgIpc) is 2.38. The van der Waals surface area contributed by atoms with Gasteiger partial charge in [-0.2, -0.15) is 0 Å². The quantitative estimate of drug-likeness (QED) is 0.514. The zero-order chi connectivity index (χ0) is 14.0. The summed E-state index contributed by atoms with van der Waals surface area (Å²) in [4.78, 5) is 12.5. The number of hydrogen-bond acceptors (Lipinski definition) is 5. The molecule has 1 aliphatic heterocycles. The molecule has 1 saturated heterocycles. The summed E-state index contributed by atoms with van der Waals surface area (Å²) >= 11 is 0. The van der Waals surface area contributed by atoms with Gasteiger partial charge >= 0.3 is 0 Å². The van der Waals surface area contributed by atoms with Gasteiger partial charge in [-0.3, -0.25) is 10.1 Å². The first kappa shape index (κ1) is 13.6. The first-order valence-corrected chi connectivity index (χ1v) is 6.45. The highest BCUT2D eigenvalue weighted by Gasteiger charge is 2.26. The maximum atomic E-state index is 10.8. The number of rotatable bonds is 3. The fraction of sp³-hybridized carbons (Fsp3) is 0.538. The number of hydrogen-bond donors (Lipinski definition) is 1. The molecular formula is C13H19N3O3. The first-order chi connectivity index (χ1) is 9.02. The normalized spacial score (nSPS) is 23.4. The van der Waals surface area contributed by atoms with Gasteiger partial charge in [0.1, 0.15) is 5.69 Å². The topological polar surface area (TPSA) is 81.6 Å². The third-order valence-electron chi connectivity index (χ3n) is 3.48. The third kappa shape index (κ3) is 2.78. The van der Waals surface area contributed by atoms with Crippen molar-refractivity contribution >= 4 is 17.1 Å². The van der Waals surface area contributed by atoms with Crippen molar-refractivity contribution in [3.8, 4) is 0 Å². The average molecular weight is 265 g/mol. The molecule has 1 aromatic rings. The summed E-state index contributed by atoms with van der Waals surface area (Å²) in [6.45, 7) is 5.57. The van der Waals surface area contributed by atoms with E-state index in [4.69, 9.17) is 10.5 Å². The van der Waals surface area contributed by atoms with Crippen molar-refractivity contribution in [1.82, 2.24) is 0 Å². The summed E-state index contributed by atoms with van der Waals surface area (Å²) in [5, 5.41) is 10.8. The van der Waals surface area contributed by atoms with E-state index in [0.717, 1.165) is 18.7 Å². The molecule has 2 rings (SSSR count). The van der Waals surface area contributed by atoms with Gasteiger partial charge in [0.15, 0.2) is 0 Å². The number of nitro benzene ring substituents is 1. The van der Waals surface area contributed by atoms with E-state index in [0.29, 0.717) is 6.61 Å². The molecule has 2 N–H and O–H groups in total. The Hall–Kier alpha value is -1.82. The summed E-state index contributed by atoms with van der Waals surface area (Å²) < 4.78 is 5.64. The Morgan fingerprint density at radius 1 is 1.58 bits per heavy atom. The minimum Gasteiger partial charge on any atom is -0.393 e. The Bertz CT molecular complexity index is 478. The highest BCUT2D eigenvalue weighted by molar-refractivity contribution is 5.67. The number of morpholine rings is 1. The standard InChI is InChI=1S/C13H19N3O3/c1-3-10-8-19-9(2)7-15(10)11-4-5-13(16(17)18)12(14)6-11/h4-6,9-10H,3,7-8,14H2,1-2H3. The lowest BCUT2D eigenvalue weighted by Crippen LogP contribution is -2.48. The molecule has 6 heteroatoms. The largest absolute Gasteiger partial charge is 0.393 e. The molecule has 1 fully saturated rings. The molecule has 0 aromatic heterocycles. The molecule has 2 unspecified atom stereocenters. The molecule has 6 nitrogen and oxygen atoms in total. The van der Waals surface area contributed by atoms with E-state index < -0.39 is 4.92 Å². The third-order valence-corrected chi connectivity index (χ3v) is 3.48. The van der Waals surface area contributed by atoms with E-state index in [1.54, 1.807) is 12.1 Å². The first-order valence-electron chi connectivity index (χ1n) is 6.45. The number of benzene rings is 1. The molecule has 1 aliphatic rings. The van der Waals surface area contributed by atoms with Crippen LogP contribution in [0, 0.1) is 10.1 Å². The lowest BCUT2D eigenvalue weighted by molar-refractivity contribution is -0.383. The van der Waals surface area contributed by atoms with Crippen molar-refractivity contribution in [3.05, 3.63) is 28.3 Å². The molecule has 2 atom stereocenters. The summed E-state index contributed by atoms with van der Waals surface area (Å²) in [6.07, 6.45) is 1.11. The maximum Gasteiger partial charge on any atom is 0.292 e. The van der Waals surface area contributed by atoms with Crippen molar-refractivity contribution < 1.29 is 9.66 Å². The van der Waals surface area contributed by atoms with Crippen LogP contribution < -0.4 is 10.6 Å². The Balaban J connectivity index is 2.29. The zero-order valence-corrected chi connectivity index (χ0v) is 11.2. The molecular weight excluding hydrogens is 246 g/mol. The number of nitrogens with two attached hydrogens (primary N) is 1. The number of nitrogens with zero attached hydrogens (tertiary/aromatic N) is 2. The Morgan fingerprint density at radius 2 is 2.32 bits per heavy atom. The van der Waals surface area contributed by atoms with Gasteiger partial charge in [0.25, 0.3) is 5.69 Å². The number of ether oxygens (including phenoxy) is 1. The maximum absolute atomic E-state index is 10.8. The van der Waals surface area contributed by atoms with Crippen molar-refractivity contribution in [2.45, 2.75) is 32.4 Å². The van der Waals surface area contributed by atoms with Gasteiger partial charge in [-0.1, -0.05) is 6.92 Å². The molecule has 0 amide bonds. The molecule has 19 heavy (non-hydrogen) atoms. The van der Waals surface area contributed by atoms with Gasteiger partial charge in [-0.15, -0.1) is 0 Å². The van der Waals surface area contributed by atoms with Gasteiger partial charge in [-0.25, -0.2) is 0 Å². The molecule has 0 radical (unpaired) electrons. The summed E-state index contributed by atoms with van der Waals surface area (Å²) in [5.74, 6) is 0. The monoisotopic (exact) mass is 265 g/mol. The molecule has 0 saturated carbocycles. The highest BCUT2D eigenvalue weighted by atomic mass is 16.6. The molecule has 1 heterocycles. The molecule has 0 bridgehead atoms. The van der Waals surface area contributed by atoms with Gasteiger partial charge < -0.3 is 15.4 Å². The Morgan fingerprint density at radius 3 is 2.89 bits per heavy atom. The Kier molecular flexibility index (Phi) is 3.90. The van der Waals surface area contributed by atoms with E-state index in [1.165, 1.54) is 6.07 Å². The zero-order valence-electron chi connectivity index (χ0n) is 11.2. The van der Waals surface area contributed by atoms with E-state index in [2.05, 4.69) is 11.8 Å². The summed E-state index contributed by atoms with van der Waals surface area (Å²) in [7, 11) is 0. The molecule has 0 aliphatic carbocycles. The van der Waals surface area contributed by atoms with Crippen LogP contribution >= 0.6 is 0 Å². The smallest absolute Gasteiger partial charge is 0.292 e. The summed E-state index contributed by atoms with van der Waals surface area (Å²) in [6, 6.07) is 5.20. The number of anilines is 2. The van der Waals surface area contributed by atoms with E-state index in [1.807, 2.05) is 6.92 Å².